The second-order valence-corrected chi connectivity index (χ2v) is 6.58. The summed E-state index contributed by atoms with van der Waals surface area (Å²) in [5.41, 5.74) is 0.825. The summed E-state index contributed by atoms with van der Waals surface area (Å²) < 4.78 is 6.64. The first-order chi connectivity index (χ1) is 11.1. The molecule has 2 aromatic rings. The van der Waals surface area contributed by atoms with Crippen LogP contribution in [-0.2, 0) is 22.6 Å². The number of aliphatic carboxylic acids is 1. The number of hydrogen-bond donors (Lipinski definition) is 2. The third-order valence-electron chi connectivity index (χ3n) is 3.02. The number of rotatable bonds is 7. The number of carboxylic acid groups (broad SMARTS) is 1. The number of benzene rings is 1. The van der Waals surface area contributed by atoms with Crippen molar-refractivity contribution >= 4 is 38.1 Å². The first-order valence-electron chi connectivity index (χ1n) is 6.78. The van der Waals surface area contributed by atoms with Crippen LogP contribution in [0, 0.1) is 0 Å². The Hall–Kier alpha value is -2.05. The predicted molar refractivity (Wildman–Crippen MR) is 78.5 cm³/mol. The third kappa shape index (κ3) is 5.58. The van der Waals surface area contributed by atoms with Crippen molar-refractivity contribution in [2.75, 3.05) is 0 Å². The second-order valence-electron chi connectivity index (χ2n) is 4.68. The average Bonchev–Trinajstić information content (AvgIpc) is 2.95. The van der Waals surface area contributed by atoms with Gasteiger partial charge in [0, 0.05) is 0 Å². The van der Waals surface area contributed by atoms with Crippen molar-refractivity contribution in [3.8, 4) is 0 Å². The van der Waals surface area contributed by atoms with Crippen molar-refractivity contribution in [1.29, 1.82) is 0 Å². The number of carbonyl (C=O) groups excluding carboxylic acids is 1. The molecule has 2 N–H and O–H groups in total. The summed E-state index contributed by atoms with van der Waals surface area (Å²) in [6, 6.07) is 8.08. The molecule has 1 amide bonds. The minimum absolute atomic E-state index is 0.0823. The fraction of sp³-hybridized carbons (Fsp3) is 0.308. The number of ether oxygens (including phenoxy) is 1. The number of tetrazole rings is 1. The Labute approximate surface area is 148 Å². The molecule has 0 aliphatic rings. The number of nitrogens with one attached hydrogen (secondary N) is 1. The molecule has 0 radical (unpaired) electrons. The van der Waals surface area contributed by atoms with Crippen LogP contribution in [-0.4, -0.2) is 67.3 Å². The molecular formula is C13H14N5O4Tl. The molecule has 0 saturated heterocycles. The van der Waals surface area contributed by atoms with Gasteiger partial charge in [-0.05, 0) is 0 Å². The van der Waals surface area contributed by atoms with Gasteiger partial charge in [0.1, 0.15) is 0 Å². The van der Waals surface area contributed by atoms with Gasteiger partial charge in [0.05, 0.1) is 0 Å². The number of alkyl carbamates (subject to hydrolysis) is 1. The Morgan fingerprint density at radius 1 is 1.35 bits per heavy atom. The van der Waals surface area contributed by atoms with Gasteiger partial charge in [0.15, 0.2) is 0 Å². The van der Waals surface area contributed by atoms with E-state index >= 15 is 0 Å². The topological polar surface area (TPSA) is 119 Å². The zero-order valence-electron chi connectivity index (χ0n) is 12.1. The maximum atomic E-state index is 11.7. The molecule has 1 atom stereocenters. The van der Waals surface area contributed by atoms with E-state index in [0.717, 1.165) is 5.56 Å². The van der Waals surface area contributed by atoms with Crippen molar-refractivity contribution in [2.24, 2.45) is 0 Å². The Morgan fingerprint density at radius 2 is 2.09 bits per heavy atom. The number of amides is 1. The molecule has 0 aliphatic carbocycles. The van der Waals surface area contributed by atoms with Gasteiger partial charge >= 0.3 is 142 Å². The summed E-state index contributed by atoms with van der Waals surface area (Å²) in [6.07, 6.45) is -0.226. The van der Waals surface area contributed by atoms with E-state index in [1.165, 1.54) is 0 Å². The van der Waals surface area contributed by atoms with Crippen LogP contribution in [0.1, 0.15) is 17.8 Å². The van der Waals surface area contributed by atoms with E-state index in [4.69, 9.17) is 4.74 Å². The van der Waals surface area contributed by atoms with Gasteiger partial charge in [-0.25, -0.2) is 0 Å². The predicted octanol–water partition coefficient (Wildman–Crippen LogP) is -0.0831. The van der Waals surface area contributed by atoms with Gasteiger partial charge in [-0.15, -0.1) is 0 Å². The van der Waals surface area contributed by atoms with Gasteiger partial charge in [0.25, 0.3) is 0 Å². The molecule has 1 aromatic carbocycles. The molecule has 118 valence electrons. The summed E-state index contributed by atoms with van der Waals surface area (Å²) in [6.45, 7) is 0.0823. The number of nitrogens with zero attached hydrogens (tertiary/aromatic N) is 4. The number of hydrogen-bond acceptors (Lipinski definition) is 6. The average molecular weight is 509 g/mol. The Kier molecular flexibility index (Phi) is 6.43. The number of aromatic nitrogens is 4. The molecule has 1 heterocycles. The number of carboxylic acids is 1. The van der Waals surface area contributed by atoms with Crippen molar-refractivity contribution in [1.82, 2.24) is 23.3 Å². The third-order valence-corrected chi connectivity index (χ3v) is 4.58. The van der Waals surface area contributed by atoms with Crippen LogP contribution < -0.4 is 5.32 Å². The molecule has 0 saturated carbocycles. The molecule has 23 heavy (non-hydrogen) atoms. The molecular weight excluding hydrogens is 495 g/mol. The fourth-order valence-corrected chi connectivity index (χ4v) is 2.70. The van der Waals surface area contributed by atoms with Gasteiger partial charge in [-0.3, -0.25) is 0 Å². The first kappa shape index (κ1) is 17.3. The molecule has 0 bridgehead atoms. The SMILES string of the molecule is O=C(N[C@@H](CCc1nnn[n]1[Tl])C(=O)O)OCc1ccccc1. The van der Waals surface area contributed by atoms with Crippen LogP contribution in [0.15, 0.2) is 30.3 Å². The zero-order chi connectivity index (χ0) is 16.7. The van der Waals surface area contributed by atoms with E-state index < -0.39 is 18.1 Å². The zero-order valence-corrected chi connectivity index (χ0v) is 16.6. The molecule has 0 fully saturated rings. The molecule has 2 rings (SSSR count). The van der Waals surface area contributed by atoms with E-state index in [1.54, 1.807) is 2.49 Å². The standard InChI is InChI=1S/C13H15N5O4.Tl/c19-12(20)10(6-7-11-15-17-18-16-11)14-13(21)22-8-9-4-2-1-3-5-9;/h1-5,10H,6-8H2,(H3,14,15,16,17,18,19,20,21);/q;+1/p-1/t10-;/m0./s1. The summed E-state index contributed by atoms with van der Waals surface area (Å²) in [5, 5.41) is 22.6. The van der Waals surface area contributed by atoms with E-state index in [0.29, 0.717) is 38.3 Å². The minimum atomic E-state index is -1.13. The number of carbonyl (C=O) groups is 2. The van der Waals surface area contributed by atoms with E-state index in [-0.39, 0.29) is 13.0 Å². The Balaban J connectivity index is 1.82. The van der Waals surface area contributed by atoms with Crippen LogP contribution in [0.25, 0.3) is 0 Å². The van der Waals surface area contributed by atoms with Crippen LogP contribution >= 0.6 is 0 Å². The number of aryl methyl sites for hydroxylation is 1. The van der Waals surface area contributed by atoms with Crippen molar-refractivity contribution in [3.05, 3.63) is 41.7 Å². The fourth-order valence-electron chi connectivity index (χ4n) is 1.81. The van der Waals surface area contributed by atoms with Crippen molar-refractivity contribution in [3.63, 3.8) is 0 Å². The molecule has 9 nitrogen and oxygen atoms in total. The molecule has 0 aliphatic heterocycles. The quantitative estimate of drug-likeness (QED) is 0.502. The monoisotopic (exact) mass is 509 g/mol. The normalized spacial score (nSPS) is 11.6. The Bertz CT molecular complexity index is 663. The second kappa shape index (κ2) is 8.55. The van der Waals surface area contributed by atoms with Crippen molar-refractivity contribution < 1.29 is 19.4 Å². The molecule has 10 heteroatoms. The van der Waals surface area contributed by atoms with Crippen LogP contribution in [0.4, 0.5) is 4.79 Å². The van der Waals surface area contributed by atoms with Gasteiger partial charge in [0.2, 0.25) is 0 Å². The summed E-state index contributed by atoms with van der Waals surface area (Å²) >= 11 is 0.400. The van der Waals surface area contributed by atoms with Crippen LogP contribution in [0.3, 0.4) is 0 Å². The van der Waals surface area contributed by atoms with E-state index in [2.05, 4.69) is 20.8 Å². The van der Waals surface area contributed by atoms with E-state index in [1.807, 2.05) is 30.3 Å². The van der Waals surface area contributed by atoms with Crippen LogP contribution in [0.5, 0.6) is 0 Å². The molecule has 0 spiro atoms. The summed E-state index contributed by atoms with van der Waals surface area (Å²) in [7, 11) is 0. The van der Waals surface area contributed by atoms with Gasteiger partial charge in [-0.2, -0.15) is 0 Å². The maximum absolute atomic E-state index is 11.7. The summed E-state index contributed by atoms with van der Waals surface area (Å²) in [4.78, 5) is 23.0. The van der Waals surface area contributed by atoms with Gasteiger partial charge in [-0.1, -0.05) is 6.07 Å². The van der Waals surface area contributed by atoms with Crippen molar-refractivity contribution in [2.45, 2.75) is 25.5 Å². The van der Waals surface area contributed by atoms with E-state index in [9.17, 15) is 14.7 Å². The Morgan fingerprint density at radius 3 is 2.70 bits per heavy atom. The first-order valence-corrected chi connectivity index (χ1v) is 8.79. The molecule has 0 unspecified atom stereocenters. The summed E-state index contributed by atoms with van der Waals surface area (Å²) in [5.74, 6) is -0.516. The van der Waals surface area contributed by atoms with Gasteiger partial charge < -0.3 is 0 Å². The molecule has 1 aromatic heterocycles. The van der Waals surface area contributed by atoms with Crippen LogP contribution in [0.2, 0.25) is 0 Å².